The average Bonchev–Trinajstić information content (AvgIpc) is 2.47. The molecule has 0 spiro atoms. The third-order valence-electron chi connectivity index (χ3n) is 4.68. The van der Waals surface area contributed by atoms with Crippen LogP contribution in [0.1, 0.15) is 29.5 Å². The van der Waals surface area contributed by atoms with Crippen LogP contribution in [0.2, 0.25) is 0 Å². The summed E-state index contributed by atoms with van der Waals surface area (Å²) in [5.74, 6) is -1.11. The molecule has 0 saturated carbocycles. The van der Waals surface area contributed by atoms with Gasteiger partial charge < -0.3 is 5.32 Å². The maximum atomic E-state index is 12.7. The largest absolute Gasteiger partial charge is 0.391 e. The summed E-state index contributed by atoms with van der Waals surface area (Å²) in [4.78, 5) is 2.17. The summed E-state index contributed by atoms with van der Waals surface area (Å²) in [6.45, 7) is 3.77. The van der Waals surface area contributed by atoms with Crippen LogP contribution in [0, 0.1) is 5.92 Å². The number of nitrogens with zero attached hydrogens (tertiary/aromatic N) is 1. The zero-order chi connectivity index (χ0) is 14.9. The fourth-order valence-corrected chi connectivity index (χ4v) is 3.42. The fraction of sp³-hybridized carbons (Fsp3) is 0.625. The fourth-order valence-electron chi connectivity index (χ4n) is 3.42. The number of likely N-dealkylation sites (tertiary alicyclic amines) is 1. The van der Waals surface area contributed by atoms with Crippen molar-refractivity contribution in [2.45, 2.75) is 38.5 Å². The number of fused-ring (bicyclic) bond motifs is 1. The smallest absolute Gasteiger partial charge is 0.312 e. The van der Waals surface area contributed by atoms with E-state index in [9.17, 15) is 13.2 Å². The Kier molecular flexibility index (Phi) is 4.22. The Hall–Kier alpha value is -1.07. The van der Waals surface area contributed by atoms with E-state index >= 15 is 0 Å². The van der Waals surface area contributed by atoms with E-state index in [1.165, 1.54) is 16.7 Å². The van der Waals surface area contributed by atoms with Gasteiger partial charge in [-0.15, -0.1) is 0 Å². The van der Waals surface area contributed by atoms with Crippen LogP contribution < -0.4 is 5.32 Å². The maximum Gasteiger partial charge on any atom is 0.391 e. The summed E-state index contributed by atoms with van der Waals surface area (Å²) < 4.78 is 38.1. The molecule has 1 aromatic carbocycles. The van der Waals surface area contributed by atoms with Crippen molar-refractivity contribution < 1.29 is 13.2 Å². The average molecular weight is 298 g/mol. The standard InChI is InChI=1S/C16H21F3N2/c17-16(18,19)14-5-8-21(9-6-14)11-13-3-1-2-12-10-20-7-4-15(12)13/h1-3,14,20H,4-11H2. The van der Waals surface area contributed by atoms with Crippen molar-refractivity contribution in [3.8, 4) is 0 Å². The summed E-state index contributed by atoms with van der Waals surface area (Å²) in [5, 5.41) is 3.36. The molecule has 0 unspecified atom stereocenters. The Labute approximate surface area is 123 Å². The van der Waals surface area contributed by atoms with Gasteiger partial charge in [-0.25, -0.2) is 0 Å². The molecule has 1 fully saturated rings. The van der Waals surface area contributed by atoms with Gasteiger partial charge in [-0.2, -0.15) is 13.2 Å². The molecular weight excluding hydrogens is 277 g/mol. The number of benzene rings is 1. The van der Waals surface area contributed by atoms with Crippen molar-refractivity contribution >= 4 is 0 Å². The van der Waals surface area contributed by atoms with Gasteiger partial charge >= 0.3 is 6.18 Å². The summed E-state index contributed by atoms with van der Waals surface area (Å²) in [5.41, 5.74) is 4.03. The summed E-state index contributed by atoms with van der Waals surface area (Å²) in [7, 11) is 0. The topological polar surface area (TPSA) is 15.3 Å². The number of nitrogens with one attached hydrogen (secondary N) is 1. The molecule has 2 aliphatic heterocycles. The van der Waals surface area contributed by atoms with Gasteiger partial charge in [0.15, 0.2) is 0 Å². The number of hydrogen-bond donors (Lipinski definition) is 1. The second kappa shape index (κ2) is 5.97. The van der Waals surface area contributed by atoms with Crippen LogP contribution in [0.25, 0.3) is 0 Å². The molecule has 1 N–H and O–H groups in total. The predicted octanol–water partition coefficient (Wildman–Crippen LogP) is 3.11. The number of halogens is 3. The minimum atomic E-state index is -4.02. The van der Waals surface area contributed by atoms with Crippen LogP contribution in [-0.4, -0.2) is 30.7 Å². The van der Waals surface area contributed by atoms with Crippen LogP contribution in [0.5, 0.6) is 0 Å². The Balaban J connectivity index is 1.64. The number of rotatable bonds is 2. The SMILES string of the molecule is FC(F)(F)C1CCN(Cc2cccc3c2CCNC3)CC1. The number of alkyl halides is 3. The molecule has 0 aromatic heterocycles. The van der Waals surface area contributed by atoms with Gasteiger partial charge in [0, 0.05) is 13.1 Å². The molecule has 1 aromatic rings. The predicted molar refractivity (Wildman–Crippen MR) is 75.9 cm³/mol. The van der Waals surface area contributed by atoms with Crippen LogP contribution in [0.15, 0.2) is 18.2 Å². The Morgan fingerprint density at radius 1 is 1.19 bits per heavy atom. The van der Waals surface area contributed by atoms with Crippen molar-refractivity contribution in [3.05, 3.63) is 34.9 Å². The molecule has 0 bridgehead atoms. The summed E-state index contributed by atoms with van der Waals surface area (Å²) in [6, 6.07) is 6.32. The molecule has 5 heteroatoms. The monoisotopic (exact) mass is 298 g/mol. The van der Waals surface area contributed by atoms with E-state index in [1.54, 1.807) is 0 Å². The molecule has 0 amide bonds. The molecule has 116 valence electrons. The highest BCUT2D eigenvalue weighted by atomic mass is 19.4. The van der Waals surface area contributed by atoms with Crippen molar-refractivity contribution in [3.63, 3.8) is 0 Å². The third kappa shape index (κ3) is 3.40. The summed E-state index contributed by atoms with van der Waals surface area (Å²) in [6.07, 6.45) is -2.53. The van der Waals surface area contributed by atoms with Crippen LogP contribution in [-0.2, 0) is 19.5 Å². The van der Waals surface area contributed by atoms with E-state index < -0.39 is 12.1 Å². The Morgan fingerprint density at radius 2 is 1.95 bits per heavy atom. The van der Waals surface area contributed by atoms with Gasteiger partial charge in [-0.3, -0.25) is 4.90 Å². The van der Waals surface area contributed by atoms with Crippen molar-refractivity contribution in [1.82, 2.24) is 10.2 Å². The summed E-state index contributed by atoms with van der Waals surface area (Å²) >= 11 is 0. The molecule has 21 heavy (non-hydrogen) atoms. The molecule has 0 atom stereocenters. The maximum absolute atomic E-state index is 12.7. The third-order valence-corrected chi connectivity index (χ3v) is 4.68. The van der Waals surface area contributed by atoms with E-state index in [-0.39, 0.29) is 12.8 Å². The zero-order valence-electron chi connectivity index (χ0n) is 12.0. The first-order valence-corrected chi connectivity index (χ1v) is 7.63. The molecular formula is C16H21F3N2. The Bertz CT molecular complexity index is 491. The molecule has 0 radical (unpaired) electrons. The first kappa shape index (κ1) is 14.9. The van der Waals surface area contributed by atoms with Gasteiger partial charge in [0.05, 0.1) is 5.92 Å². The quantitative estimate of drug-likeness (QED) is 0.902. The highest BCUT2D eigenvalue weighted by Crippen LogP contribution is 2.34. The zero-order valence-corrected chi connectivity index (χ0v) is 12.0. The highest BCUT2D eigenvalue weighted by Gasteiger charge is 2.41. The first-order valence-electron chi connectivity index (χ1n) is 7.63. The van der Waals surface area contributed by atoms with Crippen LogP contribution in [0.3, 0.4) is 0 Å². The lowest BCUT2D eigenvalue weighted by Crippen LogP contribution is -2.39. The van der Waals surface area contributed by atoms with Gasteiger partial charge in [0.25, 0.3) is 0 Å². The highest BCUT2D eigenvalue weighted by molar-refractivity contribution is 5.37. The first-order chi connectivity index (χ1) is 10.0. The minimum Gasteiger partial charge on any atom is -0.312 e. The second-order valence-electron chi connectivity index (χ2n) is 6.07. The molecule has 0 aliphatic carbocycles. The lowest BCUT2D eigenvalue weighted by Gasteiger charge is -2.33. The second-order valence-corrected chi connectivity index (χ2v) is 6.07. The molecule has 2 nitrogen and oxygen atoms in total. The number of piperidine rings is 1. The lowest BCUT2D eigenvalue weighted by molar-refractivity contribution is -0.185. The van der Waals surface area contributed by atoms with Crippen molar-refractivity contribution in [2.75, 3.05) is 19.6 Å². The van der Waals surface area contributed by atoms with Gasteiger partial charge in [-0.05, 0) is 55.6 Å². The van der Waals surface area contributed by atoms with Crippen molar-refractivity contribution in [1.29, 1.82) is 0 Å². The van der Waals surface area contributed by atoms with E-state index in [0.29, 0.717) is 13.1 Å². The van der Waals surface area contributed by atoms with Crippen LogP contribution >= 0.6 is 0 Å². The lowest BCUT2D eigenvalue weighted by atomic mass is 9.93. The molecule has 2 aliphatic rings. The molecule has 2 heterocycles. The minimum absolute atomic E-state index is 0.236. The Morgan fingerprint density at radius 3 is 2.67 bits per heavy atom. The van der Waals surface area contributed by atoms with Gasteiger partial charge in [0.1, 0.15) is 0 Å². The molecule has 1 saturated heterocycles. The van der Waals surface area contributed by atoms with E-state index in [1.807, 2.05) is 0 Å². The van der Waals surface area contributed by atoms with E-state index in [0.717, 1.165) is 26.1 Å². The number of hydrogen-bond acceptors (Lipinski definition) is 2. The van der Waals surface area contributed by atoms with Gasteiger partial charge in [-0.1, -0.05) is 18.2 Å². The van der Waals surface area contributed by atoms with Gasteiger partial charge in [0.2, 0.25) is 0 Å². The van der Waals surface area contributed by atoms with Crippen LogP contribution in [0.4, 0.5) is 13.2 Å². The van der Waals surface area contributed by atoms with E-state index in [2.05, 4.69) is 28.4 Å². The molecule has 3 rings (SSSR count). The van der Waals surface area contributed by atoms with Crippen molar-refractivity contribution in [2.24, 2.45) is 5.92 Å². The normalized spacial score (nSPS) is 21.3. The van der Waals surface area contributed by atoms with E-state index in [4.69, 9.17) is 0 Å².